The fourth-order valence-electron chi connectivity index (χ4n) is 1.44. The zero-order valence-electron chi connectivity index (χ0n) is 7.85. The third kappa shape index (κ3) is 1.85. The predicted octanol–water partition coefficient (Wildman–Crippen LogP) is 2.78. The summed E-state index contributed by atoms with van der Waals surface area (Å²) in [6.07, 6.45) is -3.28. The van der Waals surface area contributed by atoms with Crippen LogP contribution in [-0.2, 0) is 0 Å². The van der Waals surface area contributed by atoms with Gasteiger partial charge in [-0.15, -0.1) is 0 Å². The van der Waals surface area contributed by atoms with Crippen molar-refractivity contribution in [1.82, 2.24) is 9.97 Å². The van der Waals surface area contributed by atoms with Gasteiger partial charge in [-0.25, -0.2) is 4.98 Å². The number of pyridine rings is 1. The molecule has 0 radical (unpaired) electrons. The summed E-state index contributed by atoms with van der Waals surface area (Å²) >= 11 is 5.61. The molecular weight excluding hydrogens is 243 g/mol. The number of nitrogens with two attached hydrogens (primary N) is 1. The van der Waals surface area contributed by atoms with Crippen LogP contribution in [0.25, 0.3) is 11.0 Å². The number of hydrogen-bond acceptors (Lipinski definition) is 2. The Balaban J connectivity index is 2.54. The van der Waals surface area contributed by atoms with Crippen LogP contribution in [0, 0.1) is 0 Å². The summed E-state index contributed by atoms with van der Waals surface area (Å²) in [6, 6.07) is 0.858. The molecule has 0 aliphatic heterocycles. The van der Waals surface area contributed by atoms with Gasteiger partial charge in [-0.05, 0) is 12.1 Å². The van der Waals surface area contributed by atoms with E-state index in [9.17, 15) is 13.2 Å². The van der Waals surface area contributed by atoms with Crippen molar-refractivity contribution >= 4 is 22.6 Å². The average Bonchev–Trinajstić information content (AvgIpc) is 2.57. The molecule has 0 spiro atoms. The Labute approximate surface area is 93.4 Å². The van der Waals surface area contributed by atoms with Gasteiger partial charge in [0.15, 0.2) is 0 Å². The molecular formula is C9H7ClF3N3. The van der Waals surface area contributed by atoms with Gasteiger partial charge in [-0.3, -0.25) is 0 Å². The topological polar surface area (TPSA) is 54.7 Å². The van der Waals surface area contributed by atoms with Crippen LogP contribution in [-0.4, -0.2) is 16.1 Å². The number of alkyl halides is 3. The van der Waals surface area contributed by atoms with Crippen LogP contribution in [0.2, 0.25) is 5.15 Å². The van der Waals surface area contributed by atoms with E-state index in [1.165, 1.54) is 18.3 Å². The SMILES string of the molecule is N[C@@H](c1c[nH]c2nc(Cl)ccc12)C(F)(F)F. The lowest BCUT2D eigenvalue weighted by molar-refractivity contribution is -0.148. The smallest absolute Gasteiger partial charge is 0.346 e. The van der Waals surface area contributed by atoms with Gasteiger partial charge in [0.25, 0.3) is 0 Å². The van der Waals surface area contributed by atoms with Crippen molar-refractivity contribution in [3.8, 4) is 0 Å². The Hall–Kier alpha value is -1.27. The summed E-state index contributed by atoms with van der Waals surface area (Å²) in [5.41, 5.74) is 5.37. The van der Waals surface area contributed by atoms with E-state index in [2.05, 4.69) is 9.97 Å². The van der Waals surface area contributed by atoms with E-state index < -0.39 is 12.2 Å². The second-order valence-electron chi connectivity index (χ2n) is 3.29. The molecule has 2 aromatic rings. The molecule has 0 amide bonds. The maximum Gasteiger partial charge on any atom is 0.407 e. The van der Waals surface area contributed by atoms with Gasteiger partial charge in [0.2, 0.25) is 0 Å². The minimum atomic E-state index is -4.48. The highest BCUT2D eigenvalue weighted by Crippen LogP contribution is 2.34. The third-order valence-corrected chi connectivity index (χ3v) is 2.43. The molecule has 0 aliphatic rings. The van der Waals surface area contributed by atoms with Gasteiger partial charge in [0, 0.05) is 17.1 Å². The number of nitrogens with one attached hydrogen (secondary N) is 1. The van der Waals surface area contributed by atoms with Crippen molar-refractivity contribution in [3.05, 3.63) is 29.0 Å². The molecule has 2 rings (SSSR count). The van der Waals surface area contributed by atoms with Crippen molar-refractivity contribution in [1.29, 1.82) is 0 Å². The first kappa shape index (κ1) is 11.2. The van der Waals surface area contributed by atoms with E-state index in [-0.39, 0.29) is 10.7 Å². The summed E-state index contributed by atoms with van der Waals surface area (Å²) < 4.78 is 37.3. The minimum Gasteiger partial charge on any atom is -0.346 e. The van der Waals surface area contributed by atoms with Crippen molar-refractivity contribution in [2.24, 2.45) is 5.73 Å². The Bertz CT molecular complexity index is 520. The number of aromatic nitrogens is 2. The van der Waals surface area contributed by atoms with Gasteiger partial charge < -0.3 is 10.7 Å². The quantitative estimate of drug-likeness (QED) is 0.764. The summed E-state index contributed by atoms with van der Waals surface area (Å²) in [4.78, 5) is 6.45. The van der Waals surface area contributed by atoms with Crippen LogP contribution in [0.3, 0.4) is 0 Å². The molecule has 7 heteroatoms. The third-order valence-electron chi connectivity index (χ3n) is 2.22. The fourth-order valence-corrected chi connectivity index (χ4v) is 1.58. The highest BCUT2D eigenvalue weighted by atomic mass is 35.5. The Kier molecular flexibility index (Phi) is 2.55. The second kappa shape index (κ2) is 3.64. The molecule has 0 fully saturated rings. The largest absolute Gasteiger partial charge is 0.407 e. The maximum atomic E-state index is 12.4. The molecule has 0 bridgehead atoms. The summed E-state index contributed by atoms with van der Waals surface area (Å²) in [6.45, 7) is 0. The van der Waals surface area contributed by atoms with E-state index in [1.54, 1.807) is 0 Å². The summed E-state index contributed by atoms with van der Waals surface area (Å²) in [7, 11) is 0. The first-order chi connectivity index (χ1) is 7.39. The van der Waals surface area contributed by atoms with Gasteiger partial charge >= 0.3 is 6.18 Å². The summed E-state index contributed by atoms with van der Waals surface area (Å²) in [5, 5.41) is 0.538. The molecule has 3 N–H and O–H groups in total. The minimum absolute atomic E-state index is 0.0355. The lowest BCUT2D eigenvalue weighted by Crippen LogP contribution is -2.28. The number of H-pyrrole nitrogens is 1. The van der Waals surface area contributed by atoms with Gasteiger partial charge in [0.1, 0.15) is 16.8 Å². The molecule has 0 unspecified atom stereocenters. The zero-order chi connectivity index (χ0) is 11.9. The van der Waals surface area contributed by atoms with Crippen molar-refractivity contribution in [2.75, 3.05) is 0 Å². The first-order valence-corrected chi connectivity index (χ1v) is 4.73. The molecule has 2 aromatic heterocycles. The van der Waals surface area contributed by atoms with Crippen LogP contribution in [0.5, 0.6) is 0 Å². The molecule has 1 atom stereocenters. The zero-order valence-corrected chi connectivity index (χ0v) is 8.60. The fraction of sp³-hybridized carbons (Fsp3) is 0.222. The van der Waals surface area contributed by atoms with E-state index in [1.807, 2.05) is 0 Å². The lowest BCUT2D eigenvalue weighted by Gasteiger charge is -2.14. The number of hydrogen-bond donors (Lipinski definition) is 2. The Morgan fingerprint density at radius 1 is 1.38 bits per heavy atom. The summed E-state index contributed by atoms with van der Waals surface area (Å²) in [5.74, 6) is 0. The molecule has 0 aliphatic carbocycles. The second-order valence-corrected chi connectivity index (χ2v) is 3.68. The van der Waals surface area contributed by atoms with Gasteiger partial charge in [-0.1, -0.05) is 11.6 Å². The van der Waals surface area contributed by atoms with E-state index in [0.29, 0.717) is 11.0 Å². The van der Waals surface area contributed by atoms with E-state index in [4.69, 9.17) is 17.3 Å². The number of halogens is 4. The number of fused-ring (bicyclic) bond motifs is 1. The number of rotatable bonds is 1. The normalized spacial score (nSPS) is 14.3. The molecule has 3 nitrogen and oxygen atoms in total. The number of aromatic amines is 1. The van der Waals surface area contributed by atoms with Gasteiger partial charge in [-0.2, -0.15) is 13.2 Å². The van der Waals surface area contributed by atoms with Gasteiger partial charge in [0.05, 0.1) is 0 Å². The predicted molar refractivity (Wildman–Crippen MR) is 54.1 cm³/mol. The Morgan fingerprint density at radius 3 is 2.69 bits per heavy atom. The highest BCUT2D eigenvalue weighted by Gasteiger charge is 2.39. The van der Waals surface area contributed by atoms with E-state index >= 15 is 0 Å². The Morgan fingerprint density at radius 2 is 2.06 bits per heavy atom. The maximum absolute atomic E-state index is 12.4. The first-order valence-electron chi connectivity index (χ1n) is 4.35. The van der Waals surface area contributed by atoms with Crippen molar-refractivity contribution in [2.45, 2.75) is 12.2 Å². The molecule has 2 heterocycles. The highest BCUT2D eigenvalue weighted by molar-refractivity contribution is 6.29. The molecule has 0 aromatic carbocycles. The van der Waals surface area contributed by atoms with Crippen molar-refractivity contribution < 1.29 is 13.2 Å². The van der Waals surface area contributed by atoms with Crippen molar-refractivity contribution in [3.63, 3.8) is 0 Å². The van der Waals surface area contributed by atoms with Crippen LogP contribution >= 0.6 is 11.6 Å². The standard InChI is InChI=1S/C9H7ClF3N3/c10-6-2-1-4-5(3-15-8(4)16-6)7(14)9(11,12)13/h1-3,7H,14H2,(H,15,16)/t7-/m0/s1. The monoisotopic (exact) mass is 249 g/mol. The van der Waals surface area contributed by atoms with Crippen LogP contribution < -0.4 is 5.73 Å². The molecule has 16 heavy (non-hydrogen) atoms. The van der Waals surface area contributed by atoms with Crippen LogP contribution in [0.15, 0.2) is 18.3 Å². The molecule has 0 saturated carbocycles. The van der Waals surface area contributed by atoms with Crippen LogP contribution in [0.4, 0.5) is 13.2 Å². The average molecular weight is 250 g/mol. The van der Waals surface area contributed by atoms with Crippen LogP contribution in [0.1, 0.15) is 11.6 Å². The molecule has 86 valence electrons. The van der Waals surface area contributed by atoms with E-state index in [0.717, 1.165) is 0 Å². The molecule has 0 saturated heterocycles. The lowest BCUT2D eigenvalue weighted by atomic mass is 10.1. The number of nitrogens with zero attached hydrogens (tertiary/aromatic N) is 1.